The van der Waals surface area contributed by atoms with Gasteiger partial charge in [-0.25, -0.2) is 0 Å². The number of hydrogen-bond acceptors (Lipinski definition) is 6. The second-order valence-electron chi connectivity index (χ2n) is 13.2. The zero-order chi connectivity index (χ0) is 36.9. The van der Waals surface area contributed by atoms with Crippen molar-refractivity contribution in [3.05, 3.63) is 215 Å². The molecule has 6 aromatic carbocycles. The van der Waals surface area contributed by atoms with E-state index in [1.807, 2.05) is 109 Å². The lowest BCUT2D eigenvalue weighted by Gasteiger charge is -2.37. The highest BCUT2D eigenvalue weighted by Crippen LogP contribution is 2.25. The minimum Gasteiger partial charge on any atom is -0.374 e. The van der Waals surface area contributed by atoms with E-state index in [4.69, 9.17) is 28.4 Å². The predicted molar refractivity (Wildman–Crippen MR) is 212 cm³/mol. The van der Waals surface area contributed by atoms with Crippen LogP contribution in [0.1, 0.15) is 33.4 Å². The molecule has 0 aromatic heterocycles. The van der Waals surface area contributed by atoms with Crippen molar-refractivity contribution in [1.82, 2.24) is 0 Å². The molecule has 0 bridgehead atoms. The van der Waals surface area contributed by atoms with Crippen LogP contribution >= 0.6 is 0 Å². The molecule has 0 N–H and O–H groups in total. The lowest BCUT2D eigenvalue weighted by Crippen LogP contribution is -2.52. The van der Waals surface area contributed by atoms with Crippen LogP contribution in [0, 0.1) is 0 Å². The Balaban J connectivity index is 1.34. The molecule has 4 atom stereocenters. The van der Waals surface area contributed by atoms with Crippen molar-refractivity contribution in [3.8, 4) is 0 Å². The Morgan fingerprint density at radius 3 is 0.741 bits per heavy atom. The summed E-state index contributed by atoms with van der Waals surface area (Å²) in [6.07, 6.45) is -2.30. The third kappa shape index (κ3) is 13.2. The van der Waals surface area contributed by atoms with Crippen LogP contribution in [-0.4, -0.2) is 37.6 Å². The first-order valence-corrected chi connectivity index (χ1v) is 18.7. The van der Waals surface area contributed by atoms with Crippen LogP contribution in [0.15, 0.2) is 182 Å². The Labute approximate surface area is 320 Å². The molecular formula is C48H50O6. The fraction of sp³-hybridized carbons (Fsp3) is 0.250. The quantitative estimate of drug-likeness (QED) is 0.0657. The van der Waals surface area contributed by atoms with E-state index in [9.17, 15) is 0 Å². The van der Waals surface area contributed by atoms with Gasteiger partial charge in [0.2, 0.25) is 0 Å². The van der Waals surface area contributed by atoms with Crippen LogP contribution in [0.4, 0.5) is 0 Å². The van der Waals surface area contributed by atoms with Crippen molar-refractivity contribution >= 4 is 0 Å². The average molecular weight is 723 g/mol. The maximum Gasteiger partial charge on any atom is 0.115 e. The number of ether oxygens (including phenoxy) is 6. The SMILES string of the molecule is c1ccc(COC[C@H](OCc2ccccc2)[C@H](OCc2ccccc2)[C@H](OCc2ccccc2)[C@@H](COCc2ccccc2)OCc2ccccc2)cc1. The smallest absolute Gasteiger partial charge is 0.115 e. The summed E-state index contributed by atoms with van der Waals surface area (Å²) in [5, 5.41) is 0. The number of rotatable bonds is 23. The Morgan fingerprint density at radius 2 is 0.481 bits per heavy atom. The van der Waals surface area contributed by atoms with E-state index in [0.717, 1.165) is 33.4 Å². The van der Waals surface area contributed by atoms with Gasteiger partial charge in [0.25, 0.3) is 0 Å². The second-order valence-corrected chi connectivity index (χ2v) is 13.2. The lowest BCUT2D eigenvalue weighted by atomic mass is 10.0. The largest absolute Gasteiger partial charge is 0.374 e. The van der Waals surface area contributed by atoms with E-state index < -0.39 is 24.4 Å². The van der Waals surface area contributed by atoms with Crippen molar-refractivity contribution in [2.24, 2.45) is 0 Å². The molecule has 6 rings (SSSR count). The minimum atomic E-state index is -0.616. The maximum atomic E-state index is 6.96. The van der Waals surface area contributed by atoms with Crippen LogP contribution in [0.5, 0.6) is 0 Å². The molecule has 0 saturated carbocycles. The fourth-order valence-corrected chi connectivity index (χ4v) is 6.13. The Kier molecular flexibility index (Phi) is 16.0. The van der Waals surface area contributed by atoms with Gasteiger partial charge in [-0.1, -0.05) is 182 Å². The fourth-order valence-electron chi connectivity index (χ4n) is 6.13. The zero-order valence-corrected chi connectivity index (χ0v) is 30.7. The summed E-state index contributed by atoms with van der Waals surface area (Å²) in [6, 6.07) is 61.0. The molecule has 0 radical (unpaired) electrons. The molecule has 6 aromatic rings. The molecule has 6 nitrogen and oxygen atoms in total. The normalized spacial score (nSPS) is 13.6. The Hall–Kier alpha value is -4.92. The third-order valence-electron chi connectivity index (χ3n) is 9.03. The zero-order valence-electron chi connectivity index (χ0n) is 30.7. The van der Waals surface area contributed by atoms with Crippen LogP contribution in [0.3, 0.4) is 0 Å². The van der Waals surface area contributed by atoms with Crippen LogP contribution < -0.4 is 0 Å². The van der Waals surface area contributed by atoms with E-state index >= 15 is 0 Å². The van der Waals surface area contributed by atoms with Crippen LogP contribution in [-0.2, 0) is 68.1 Å². The van der Waals surface area contributed by atoms with E-state index in [1.54, 1.807) is 0 Å². The molecule has 0 aliphatic carbocycles. The van der Waals surface area contributed by atoms with Gasteiger partial charge in [-0.15, -0.1) is 0 Å². The van der Waals surface area contributed by atoms with Crippen LogP contribution in [0.2, 0.25) is 0 Å². The molecule has 0 saturated heterocycles. The summed E-state index contributed by atoms with van der Waals surface area (Å²) in [5.74, 6) is 0. The van der Waals surface area contributed by atoms with E-state index in [0.29, 0.717) is 39.6 Å². The highest BCUT2D eigenvalue weighted by molar-refractivity contribution is 5.17. The first-order valence-electron chi connectivity index (χ1n) is 18.7. The summed E-state index contributed by atoms with van der Waals surface area (Å²) in [4.78, 5) is 0. The summed E-state index contributed by atoms with van der Waals surface area (Å²) in [7, 11) is 0. The van der Waals surface area contributed by atoms with Crippen LogP contribution in [0.25, 0.3) is 0 Å². The van der Waals surface area contributed by atoms with Crippen molar-refractivity contribution in [1.29, 1.82) is 0 Å². The molecule has 0 aliphatic rings. The van der Waals surface area contributed by atoms with Gasteiger partial charge in [0.15, 0.2) is 0 Å². The topological polar surface area (TPSA) is 55.4 Å². The van der Waals surface area contributed by atoms with Gasteiger partial charge in [0, 0.05) is 0 Å². The van der Waals surface area contributed by atoms with Crippen molar-refractivity contribution < 1.29 is 28.4 Å². The molecule has 0 heterocycles. The van der Waals surface area contributed by atoms with Crippen molar-refractivity contribution in [3.63, 3.8) is 0 Å². The molecule has 0 unspecified atom stereocenters. The lowest BCUT2D eigenvalue weighted by molar-refractivity contribution is -0.208. The first-order chi connectivity index (χ1) is 26.8. The van der Waals surface area contributed by atoms with E-state index in [1.165, 1.54) is 0 Å². The average Bonchev–Trinajstić information content (AvgIpc) is 3.24. The Bertz CT molecular complexity index is 1690. The Morgan fingerprint density at radius 1 is 0.259 bits per heavy atom. The molecule has 278 valence electrons. The number of benzene rings is 6. The van der Waals surface area contributed by atoms with E-state index in [-0.39, 0.29) is 13.2 Å². The maximum absolute atomic E-state index is 6.96. The highest BCUT2D eigenvalue weighted by atomic mass is 16.6. The van der Waals surface area contributed by atoms with Crippen molar-refractivity contribution in [2.75, 3.05) is 13.2 Å². The van der Waals surface area contributed by atoms with Crippen molar-refractivity contribution in [2.45, 2.75) is 64.1 Å². The minimum absolute atomic E-state index is 0.267. The summed E-state index contributed by atoms with van der Waals surface area (Å²) >= 11 is 0. The monoisotopic (exact) mass is 722 g/mol. The summed E-state index contributed by atoms with van der Waals surface area (Å²) < 4.78 is 40.4. The summed E-state index contributed by atoms with van der Waals surface area (Å²) in [5.41, 5.74) is 6.35. The molecule has 0 aliphatic heterocycles. The van der Waals surface area contributed by atoms with Gasteiger partial charge in [0.05, 0.1) is 52.9 Å². The van der Waals surface area contributed by atoms with Gasteiger partial charge in [-0.05, 0) is 33.4 Å². The molecule has 0 amide bonds. The standard InChI is InChI=1S/C48H50O6/c1-7-19-39(20-8-1)31-49-37-45(51-33-41-23-11-3-12-24-41)47(53-35-43-27-15-5-16-28-43)48(54-36-44-29-17-6-18-30-44)46(52-34-42-25-13-4-14-26-42)38-50-32-40-21-9-2-10-22-40/h1-30,45-48H,31-38H2/t45-,46+,47-,48+. The second kappa shape index (κ2) is 22.3. The molecular weight excluding hydrogens is 673 g/mol. The number of hydrogen-bond donors (Lipinski definition) is 0. The van der Waals surface area contributed by atoms with Gasteiger partial charge in [0.1, 0.15) is 24.4 Å². The molecule has 54 heavy (non-hydrogen) atoms. The van der Waals surface area contributed by atoms with Gasteiger partial charge in [-0.3, -0.25) is 0 Å². The summed E-state index contributed by atoms with van der Waals surface area (Å²) in [6.45, 7) is 2.83. The molecule has 0 fully saturated rings. The van der Waals surface area contributed by atoms with Gasteiger partial charge >= 0.3 is 0 Å². The third-order valence-corrected chi connectivity index (χ3v) is 9.03. The first kappa shape index (κ1) is 38.8. The van der Waals surface area contributed by atoms with Gasteiger partial charge < -0.3 is 28.4 Å². The predicted octanol–water partition coefficient (Wildman–Crippen LogP) is 9.76. The molecule has 0 spiro atoms. The highest BCUT2D eigenvalue weighted by Gasteiger charge is 2.39. The molecule has 6 heteroatoms. The van der Waals surface area contributed by atoms with Gasteiger partial charge in [-0.2, -0.15) is 0 Å². The van der Waals surface area contributed by atoms with E-state index in [2.05, 4.69) is 72.8 Å².